The van der Waals surface area contributed by atoms with Crippen LogP contribution in [0.15, 0.2) is 51.8 Å². The van der Waals surface area contributed by atoms with Gasteiger partial charge < -0.3 is 4.42 Å². The van der Waals surface area contributed by atoms with E-state index < -0.39 is 10.0 Å². The van der Waals surface area contributed by atoms with Gasteiger partial charge in [0.15, 0.2) is 11.5 Å². The molecule has 0 bridgehead atoms. The molecule has 0 radical (unpaired) electrons. The van der Waals surface area contributed by atoms with Crippen molar-refractivity contribution < 1.29 is 12.8 Å². The van der Waals surface area contributed by atoms with Crippen LogP contribution in [0.5, 0.6) is 0 Å². The van der Waals surface area contributed by atoms with E-state index in [0.29, 0.717) is 17.4 Å². The van der Waals surface area contributed by atoms with Gasteiger partial charge in [-0.1, -0.05) is 32.0 Å². The van der Waals surface area contributed by atoms with Crippen molar-refractivity contribution in [1.82, 2.24) is 9.71 Å². The van der Waals surface area contributed by atoms with Gasteiger partial charge in [0.2, 0.25) is 10.0 Å². The Kier molecular flexibility index (Phi) is 4.43. The van der Waals surface area contributed by atoms with Gasteiger partial charge in [-0.15, -0.1) is 0 Å². The highest BCUT2D eigenvalue weighted by molar-refractivity contribution is 7.89. The Labute approximate surface area is 141 Å². The first-order chi connectivity index (χ1) is 11.3. The molecule has 0 saturated carbocycles. The van der Waals surface area contributed by atoms with Crippen molar-refractivity contribution in [3.05, 3.63) is 59.5 Å². The molecule has 6 heteroatoms. The summed E-state index contributed by atoms with van der Waals surface area (Å²) in [4.78, 5) is 4.53. The monoisotopic (exact) mass is 344 g/mol. The molecule has 3 aromatic rings. The molecule has 3 rings (SSSR count). The van der Waals surface area contributed by atoms with E-state index in [1.54, 1.807) is 25.1 Å². The van der Waals surface area contributed by atoms with Crippen LogP contribution in [0, 0.1) is 6.92 Å². The standard InChI is InChI=1S/C18H20N2O3S/c1-12(2)15-5-7-16(8-6-15)24(21,22)19-11-14-4-9-18-17(10-14)20-13(3)23-18/h4-10,12,19H,11H2,1-3H3. The summed E-state index contributed by atoms with van der Waals surface area (Å²) in [5.74, 6) is 0.959. The van der Waals surface area contributed by atoms with Crippen LogP contribution in [0.1, 0.15) is 36.8 Å². The summed E-state index contributed by atoms with van der Waals surface area (Å²) < 4.78 is 32.9. The third-order valence-corrected chi connectivity index (χ3v) is 5.30. The largest absolute Gasteiger partial charge is 0.441 e. The van der Waals surface area contributed by atoms with Gasteiger partial charge in [-0.2, -0.15) is 0 Å². The van der Waals surface area contributed by atoms with E-state index in [1.165, 1.54) is 0 Å². The average molecular weight is 344 g/mol. The lowest BCUT2D eigenvalue weighted by Gasteiger charge is -2.09. The second-order valence-corrected chi connectivity index (χ2v) is 7.85. The number of oxazole rings is 1. The number of fused-ring (bicyclic) bond motifs is 1. The third kappa shape index (κ3) is 3.49. The predicted molar refractivity (Wildman–Crippen MR) is 93.3 cm³/mol. The van der Waals surface area contributed by atoms with Crippen LogP contribution in [-0.2, 0) is 16.6 Å². The van der Waals surface area contributed by atoms with E-state index in [2.05, 4.69) is 23.6 Å². The smallest absolute Gasteiger partial charge is 0.240 e. The summed E-state index contributed by atoms with van der Waals surface area (Å²) in [7, 11) is -3.54. The maximum atomic E-state index is 12.4. The molecule has 1 N–H and O–H groups in total. The predicted octanol–water partition coefficient (Wildman–Crippen LogP) is 3.74. The molecule has 1 heterocycles. The number of hydrogen-bond donors (Lipinski definition) is 1. The average Bonchev–Trinajstić information content (AvgIpc) is 2.92. The molecular formula is C18H20N2O3S. The SMILES string of the molecule is Cc1nc2cc(CNS(=O)(=O)c3ccc(C(C)C)cc3)ccc2o1. The number of benzene rings is 2. The number of sulfonamides is 1. The first kappa shape index (κ1) is 16.7. The summed E-state index contributed by atoms with van der Waals surface area (Å²) in [5.41, 5.74) is 3.37. The second kappa shape index (κ2) is 6.37. The Morgan fingerprint density at radius 2 is 1.83 bits per heavy atom. The van der Waals surface area contributed by atoms with Crippen molar-refractivity contribution in [3.8, 4) is 0 Å². The van der Waals surface area contributed by atoms with Crippen LogP contribution in [0.3, 0.4) is 0 Å². The van der Waals surface area contributed by atoms with Crippen molar-refractivity contribution in [2.75, 3.05) is 0 Å². The van der Waals surface area contributed by atoms with Crippen molar-refractivity contribution in [2.24, 2.45) is 0 Å². The molecular weight excluding hydrogens is 324 g/mol. The van der Waals surface area contributed by atoms with E-state index in [4.69, 9.17) is 4.42 Å². The summed E-state index contributed by atoms with van der Waals surface area (Å²) in [6.45, 7) is 6.13. The van der Waals surface area contributed by atoms with Crippen molar-refractivity contribution in [2.45, 2.75) is 38.1 Å². The van der Waals surface area contributed by atoms with Gasteiger partial charge in [0, 0.05) is 13.5 Å². The molecule has 0 aliphatic rings. The Bertz CT molecular complexity index is 958. The van der Waals surface area contributed by atoms with E-state index >= 15 is 0 Å². The zero-order valence-corrected chi connectivity index (χ0v) is 14.7. The molecule has 0 spiro atoms. The highest BCUT2D eigenvalue weighted by Crippen LogP contribution is 2.19. The molecule has 0 fully saturated rings. The maximum Gasteiger partial charge on any atom is 0.240 e. The zero-order valence-electron chi connectivity index (χ0n) is 13.9. The molecule has 1 aromatic heterocycles. The van der Waals surface area contributed by atoms with Gasteiger partial charge in [0.05, 0.1) is 4.90 Å². The molecule has 0 aliphatic heterocycles. The topological polar surface area (TPSA) is 72.2 Å². The maximum absolute atomic E-state index is 12.4. The van der Waals surface area contributed by atoms with Crippen molar-refractivity contribution in [1.29, 1.82) is 0 Å². The molecule has 0 saturated heterocycles. The summed E-state index contributed by atoms with van der Waals surface area (Å²) >= 11 is 0. The first-order valence-electron chi connectivity index (χ1n) is 7.81. The van der Waals surface area contributed by atoms with Crippen molar-refractivity contribution >= 4 is 21.1 Å². The van der Waals surface area contributed by atoms with Gasteiger partial charge in [-0.3, -0.25) is 0 Å². The minimum atomic E-state index is -3.54. The molecule has 0 aliphatic carbocycles. The Morgan fingerprint density at radius 3 is 2.50 bits per heavy atom. The number of aromatic nitrogens is 1. The van der Waals surface area contributed by atoms with Gasteiger partial charge in [0.1, 0.15) is 5.52 Å². The Balaban J connectivity index is 1.75. The number of aryl methyl sites for hydroxylation is 1. The Hall–Kier alpha value is -2.18. The summed E-state index contributed by atoms with van der Waals surface area (Å²) in [5, 5.41) is 0. The van der Waals surface area contributed by atoms with Gasteiger partial charge in [-0.25, -0.2) is 18.1 Å². The molecule has 0 unspecified atom stereocenters. The minimum Gasteiger partial charge on any atom is -0.441 e. The summed E-state index contributed by atoms with van der Waals surface area (Å²) in [6, 6.07) is 12.4. The molecule has 126 valence electrons. The van der Waals surface area contributed by atoms with Crippen LogP contribution in [0.4, 0.5) is 0 Å². The lowest BCUT2D eigenvalue weighted by atomic mass is 10.0. The minimum absolute atomic E-state index is 0.204. The number of rotatable bonds is 5. The van der Waals surface area contributed by atoms with Crippen LogP contribution in [0.2, 0.25) is 0 Å². The number of hydrogen-bond acceptors (Lipinski definition) is 4. The van der Waals surface area contributed by atoms with Crippen LogP contribution in [0.25, 0.3) is 11.1 Å². The molecule has 0 amide bonds. The molecule has 2 aromatic carbocycles. The molecule has 5 nitrogen and oxygen atoms in total. The van der Waals surface area contributed by atoms with E-state index in [0.717, 1.165) is 16.6 Å². The van der Waals surface area contributed by atoms with Crippen LogP contribution >= 0.6 is 0 Å². The molecule has 24 heavy (non-hydrogen) atoms. The molecule has 0 atom stereocenters. The fourth-order valence-corrected chi connectivity index (χ4v) is 3.51. The van der Waals surface area contributed by atoms with Crippen molar-refractivity contribution in [3.63, 3.8) is 0 Å². The third-order valence-electron chi connectivity index (χ3n) is 3.88. The fourth-order valence-electron chi connectivity index (χ4n) is 2.49. The van der Waals surface area contributed by atoms with Crippen LogP contribution in [-0.4, -0.2) is 13.4 Å². The van der Waals surface area contributed by atoms with E-state index in [-0.39, 0.29) is 11.4 Å². The first-order valence-corrected chi connectivity index (χ1v) is 9.29. The zero-order chi connectivity index (χ0) is 17.3. The lowest BCUT2D eigenvalue weighted by Crippen LogP contribution is -2.23. The summed E-state index contributed by atoms with van der Waals surface area (Å²) in [6.07, 6.45) is 0. The second-order valence-electron chi connectivity index (χ2n) is 6.08. The van der Waals surface area contributed by atoms with Gasteiger partial charge >= 0.3 is 0 Å². The number of nitrogens with one attached hydrogen (secondary N) is 1. The highest BCUT2D eigenvalue weighted by atomic mass is 32.2. The fraction of sp³-hybridized carbons (Fsp3) is 0.278. The highest BCUT2D eigenvalue weighted by Gasteiger charge is 2.14. The van der Waals surface area contributed by atoms with E-state index in [9.17, 15) is 8.42 Å². The Morgan fingerprint density at radius 1 is 1.12 bits per heavy atom. The quantitative estimate of drug-likeness (QED) is 0.765. The van der Waals surface area contributed by atoms with Crippen LogP contribution < -0.4 is 4.72 Å². The lowest BCUT2D eigenvalue weighted by molar-refractivity contribution is 0.561. The van der Waals surface area contributed by atoms with Gasteiger partial charge in [-0.05, 0) is 41.3 Å². The number of nitrogens with zero attached hydrogens (tertiary/aromatic N) is 1. The normalized spacial score (nSPS) is 12.2. The van der Waals surface area contributed by atoms with Gasteiger partial charge in [0.25, 0.3) is 0 Å². The van der Waals surface area contributed by atoms with E-state index in [1.807, 2.05) is 24.3 Å².